The summed E-state index contributed by atoms with van der Waals surface area (Å²) < 4.78 is 5.50. The van der Waals surface area contributed by atoms with Crippen LogP contribution >= 0.6 is 11.3 Å². The van der Waals surface area contributed by atoms with E-state index < -0.39 is 5.60 Å². The van der Waals surface area contributed by atoms with Gasteiger partial charge in [0.05, 0.1) is 5.69 Å². The number of rotatable bonds is 1. The number of piperidine rings is 2. The normalized spacial score (nSPS) is 23.8. The van der Waals surface area contributed by atoms with Gasteiger partial charge in [0, 0.05) is 31.1 Å². The maximum Gasteiger partial charge on any atom is 0.410 e. The summed E-state index contributed by atoms with van der Waals surface area (Å²) in [4.78, 5) is 28.7. The van der Waals surface area contributed by atoms with Crippen molar-refractivity contribution in [1.29, 1.82) is 0 Å². The van der Waals surface area contributed by atoms with Gasteiger partial charge >= 0.3 is 12.1 Å². The standard InChI is InChI=1S/C18H27N3O3S/c1-18(2,3)24-17(23)20-9-6-15-13(11-20)5-4-8-21(15)16(22)19-14-7-10-25-12-14/h7,10,12-13,15H,4-6,8-9,11H2,1-3H3,(H,19,22). The third-order valence-electron chi connectivity index (χ3n) is 4.75. The molecule has 3 heterocycles. The van der Waals surface area contributed by atoms with Crippen LogP contribution in [-0.4, -0.2) is 53.2 Å². The predicted octanol–water partition coefficient (Wildman–Crippen LogP) is 4.00. The quantitative estimate of drug-likeness (QED) is 0.818. The fraction of sp³-hybridized carbons (Fsp3) is 0.667. The van der Waals surface area contributed by atoms with Crippen LogP contribution in [0.25, 0.3) is 0 Å². The van der Waals surface area contributed by atoms with Crippen molar-refractivity contribution in [1.82, 2.24) is 9.80 Å². The lowest BCUT2D eigenvalue weighted by atomic mass is 9.84. The molecule has 1 N–H and O–H groups in total. The molecule has 2 fully saturated rings. The maximum atomic E-state index is 12.6. The number of carbonyl (C=O) groups excluding carboxylic acids is 2. The van der Waals surface area contributed by atoms with Gasteiger partial charge in [-0.05, 0) is 57.4 Å². The molecule has 6 nitrogen and oxygen atoms in total. The van der Waals surface area contributed by atoms with Crippen LogP contribution in [0.15, 0.2) is 16.8 Å². The molecule has 3 amide bonds. The number of hydrogen-bond donors (Lipinski definition) is 1. The van der Waals surface area contributed by atoms with Gasteiger partial charge in [-0.25, -0.2) is 9.59 Å². The molecule has 0 spiro atoms. The zero-order valence-electron chi connectivity index (χ0n) is 15.2. The number of hydrogen-bond acceptors (Lipinski definition) is 4. The Morgan fingerprint density at radius 1 is 1.28 bits per heavy atom. The summed E-state index contributed by atoms with van der Waals surface area (Å²) in [5.41, 5.74) is 0.371. The molecule has 138 valence electrons. The number of fused-ring (bicyclic) bond motifs is 1. The van der Waals surface area contributed by atoms with E-state index in [1.807, 2.05) is 42.5 Å². The van der Waals surface area contributed by atoms with Crippen LogP contribution in [0.5, 0.6) is 0 Å². The van der Waals surface area contributed by atoms with Crippen molar-refractivity contribution in [2.24, 2.45) is 5.92 Å². The minimum absolute atomic E-state index is 0.0289. The highest BCUT2D eigenvalue weighted by molar-refractivity contribution is 7.08. The van der Waals surface area contributed by atoms with Crippen molar-refractivity contribution < 1.29 is 14.3 Å². The van der Waals surface area contributed by atoms with E-state index in [1.54, 1.807) is 16.2 Å². The Morgan fingerprint density at radius 3 is 2.76 bits per heavy atom. The Labute approximate surface area is 153 Å². The Hall–Kier alpha value is -1.76. The summed E-state index contributed by atoms with van der Waals surface area (Å²) in [6.45, 7) is 7.74. The van der Waals surface area contributed by atoms with E-state index in [0.29, 0.717) is 19.0 Å². The Kier molecular flexibility index (Phi) is 5.22. The highest BCUT2D eigenvalue weighted by Crippen LogP contribution is 2.31. The summed E-state index contributed by atoms with van der Waals surface area (Å²) in [5, 5.41) is 6.87. The molecule has 25 heavy (non-hydrogen) atoms. The molecule has 3 rings (SSSR count). The second-order valence-electron chi connectivity index (χ2n) is 7.82. The Balaban J connectivity index is 1.61. The molecule has 2 aliphatic heterocycles. The summed E-state index contributed by atoms with van der Waals surface area (Å²) >= 11 is 1.57. The molecule has 2 saturated heterocycles. The third kappa shape index (κ3) is 4.45. The second kappa shape index (κ2) is 7.23. The van der Waals surface area contributed by atoms with Crippen molar-refractivity contribution >= 4 is 29.1 Å². The lowest BCUT2D eigenvalue weighted by Gasteiger charge is -2.47. The molecule has 2 aliphatic rings. The van der Waals surface area contributed by atoms with E-state index in [-0.39, 0.29) is 18.2 Å². The molecule has 0 radical (unpaired) electrons. The molecule has 0 saturated carbocycles. The fourth-order valence-electron chi connectivity index (χ4n) is 3.68. The van der Waals surface area contributed by atoms with Gasteiger partial charge in [0.25, 0.3) is 0 Å². The highest BCUT2D eigenvalue weighted by Gasteiger charge is 2.40. The van der Waals surface area contributed by atoms with Crippen molar-refractivity contribution in [3.8, 4) is 0 Å². The maximum absolute atomic E-state index is 12.6. The summed E-state index contributed by atoms with van der Waals surface area (Å²) in [5.74, 6) is 0.322. The van der Waals surface area contributed by atoms with Crippen LogP contribution in [0.2, 0.25) is 0 Å². The van der Waals surface area contributed by atoms with Gasteiger partial charge in [-0.1, -0.05) is 0 Å². The van der Waals surface area contributed by atoms with Crippen molar-refractivity contribution in [2.45, 2.75) is 51.7 Å². The molecule has 1 aromatic heterocycles. The minimum Gasteiger partial charge on any atom is -0.444 e. The first-order chi connectivity index (χ1) is 11.8. The number of carbonyl (C=O) groups is 2. The van der Waals surface area contributed by atoms with Crippen LogP contribution in [-0.2, 0) is 4.74 Å². The topological polar surface area (TPSA) is 61.9 Å². The third-order valence-corrected chi connectivity index (χ3v) is 5.44. The Morgan fingerprint density at radius 2 is 2.08 bits per heavy atom. The average molecular weight is 365 g/mol. The predicted molar refractivity (Wildman–Crippen MR) is 99.0 cm³/mol. The summed E-state index contributed by atoms with van der Waals surface area (Å²) in [6.07, 6.45) is 2.58. The molecule has 0 aliphatic carbocycles. The monoisotopic (exact) mass is 365 g/mol. The van der Waals surface area contributed by atoms with Gasteiger partial charge in [0.2, 0.25) is 0 Å². The molecule has 2 atom stereocenters. The number of thiophene rings is 1. The van der Waals surface area contributed by atoms with Crippen LogP contribution in [0.4, 0.5) is 15.3 Å². The van der Waals surface area contributed by atoms with Gasteiger partial charge in [-0.2, -0.15) is 11.3 Å². The van der Waals surface area contributed by atoms with Gasteiger partial charge in [-0.15, -0.1) is 0 Å². The van der Waals surface area contributed by atoms with Crippen molar-refractivity contribution in [3.05, 3.63) is 16.8 Å². The van der Waals surface area contributed by atoms with E-state index in [2.05, 4.69) is 5.32 Å². The molecule has 1 aromatic rings. The first-order valence-electron chi connectivity index (χ1n) is 8.91. The first-order valence-corrected chi connectivity index (χ1v) is 9.85. The molecular formula is C18H27N3O3S. The first kappa shape index (κ1) is 18.0. The molecule has 7 heteroatoms. The van der Waals surface area contributed by atoms with Crippen LogP contribution < -0.4 is 5.32 Å². The minimum atomic E-state index is -0.479. The molecule has 0 aromatic carbocycles. The second-order valence-corrected chi connectivity index (χ2v) is 8.60. The molecule has 0 bridgehead atoms. The van der Waals surface area contributed by atoms with Gasteiger partial charge in [0.15, 0.2) is 0 Å². The van der Waals surface area contributed by atoms with E-state index in [4.69, 9.17) is 4.74 Å². The summed E-state index contributed by atoms with van der Waals surface area (Å²) in [6, 6.07) is 2.08. The van der Waals surface area contributed by atoms with Crippen molar-refractivity contribution in [2.75, 3.05) is 25.0 Å². The van der Waals surface area contributed by atoms with Crippen LogP contribution in [0.1, 0.15) is 40.0 Å². The summed E-state index contributed by atoms with van der Waals surface area (Å²) in [7, 11) is 0. The number of likely N-dealkylation sites (tertiary alicyclic amines) is 2. The fourth-order valence-corrected chi connectivity index (χ4v) is 4.27. The van der Waals surface area contributed by atoms with Crippen LogP contribution in [0.3, 0.4) is 0 Å². The number of ether oxygens (including phenoxy) is 1. The van der Waals surface area contributed by atoms with E-state index >= 15 is 0 Å². The lowest BCUT2D eigenvalue weighted by Crippen LogP contribution is -2.57. The number of nitrogens with zero attached hydrogens (tertiary/aromatic N) is 2. The SMILES string of the molecule is CC(C)(C)OC(=O)N1CCC2C(CCCN2C(=O)Nc2ccsc2)C1. The zero-order chi connectivity index (χ0) is 18.0. The highest BCUT2D eigenvalue weighted by atomic mass is 32.1. The van der Waals surface area contributed by atoms with E-state index in [9.17, 15) is 9.59 Å². The average Bonchev–Trinajstić information content (AvgIpc) is 3.05. The van der Waals surface area contributed by atoms with Gasteiger partial charge < -0.3 is 19.9 Å². The largest absolute Gasteiger partial charge is 0.444 e. The number of nitrogens with one attached hydrogen (secondary N) is 1. The van der Waals surface area contributed by atoms with Crippen LogP contribution in [0, 0.1) is 5.92 Å². The zero-order valence-corrected chi connectivity index (χ0v) is 16.0. The van der Waals surface area contributed by atoms with Gasteiger partial charge in [-0.3, -0.25) is 0 Å². The van der Waals surface area contributed by atoms with E-state index in [0.717, 1.165) is 31.5 Å². The number of anilines is 1. The molecular weight excluding hydrogens is 338 g/mol. The number of amides is 3. The van der Waals surface area contributed by atoms with Crippen molar-refractivity contribution in [3.63, 3.8) is 0 Å². The number of urea groups is 1. The smallest absolute Gasteiger partial charge is 0.410 e. The lowest BCUT2D eigenvalue weighted by molar-refractivity contribution is -0.000537. The Bertz CT molecular complexity index is 612. The van der Waals surface area contributed by atoms with E-state index in [1.165, 1.54) is 0 Å². The molecule has 2 unspecified atom stereocenters. The van der Waals surface area contributed by atoms with Gasteiger partial charge in [0.1, 0.15) is 5.60 Å².